The molecule has 1 rings (SSSR count). The molecule has 0 saturated carbocycles. The summed E-state index contributed by atoms with van der Waals surface area (Å²) in [5.74, 6) is 0. The largest absolute Gasteiger partial charge is 0.379 e. The third-order valence-corrected chi connectivity index (χ3v) is 2.28. The Balaban J connectivity index is 2.79. The van der Waals surface area contributed by atoms with Gasteiger partial charge in [0, 0.05) is 12.1 Å². The quantitative estimate of drug-likeness (QED) is 0.358. The minimum atomic E-state index is -0.340. The van der Waals surface area contributed by atoms with Crippen LogP contribution in [0.4, 0.5) is 11.4 Å². The van der Waals surface area contributed by atoms with Gasteiger partial charge in [0.1, 0.15) is 5.69 Å². The minimum absolute atomic E-state index is 0.169. The molecule has 0 unspecified atom stereocenters. The molecule has 0 fully saturated rings. The van der Waals surface area contributed by atoms with Crippen LogP contribution in [-0.2, 0) is 0 Å². The van der Waals surface area contributed by atoms with E-state index in [0.29, 0.717) is 17.8 Å². The van der Waals surface area contributed by atoms with Crippen molar-refractivity contribution in [2.75, 3.05) is 11.9 Å². The van der Waals surface area contributed by atoms with Crippen molar-refractivity contribution in [3.8, 4) is 0 Å². The van der Waals surface area contributed by atoms with Crippen molar-refractivity contribution in [2.45, 2.75) is 20.3 Å². The number of benzene rings is 1. The molecule has 0 spiro atoms. The Morgan fingerprint density at radius 3 is 2.88 bits per heavy atom. The average molecular weight is 220 g/mol. The molecule has 4 nitrogen and oxygen atoms in total. The summed E-state index contributed by atoms with van der Waals surface area (Å²) in [7, 11) is 0. The van der Waals surface area contributed by atoms with Crippen LogP contribution < -0.4 is 5.32 Å². The van der Waals surface area contributed by atoms with Crippen molar-refractivity contribution in [1.82, 2.24) is 0 Å². The number of para-hydroxylation sites is 1. The lowest BCUT2D eigenvalue weighted by molar-refractivity contribution is -0.384. The summed E-state index contributed by atoms with van der Waals surface area (Å²) in [5, 5.41) is 14.0. The highest BCUT2D eigenvalue weighted by Gasteiger charge is 2.15. The number of anilines is 1. The maximum atomic E-state index is 10.9. The predicted molar refractivity (Wildman–Crippen MR) is 65.8 cm³/mol. The van der Waals surface area contributed by atoms with Gasteiger partial charge in [-0.05, 0) is 26.3 Å². The fraction of sp³-hybridized carbons (Fsp3) is 0.333. The molecule has 1 aromatic rings. The van der Waals surface area contributed by atoms with E-state index in [1.807, 2.05) is 25.1 Å². The van der Waals surface area contributed by atoms with Crippen LogP contribution in [0, 0.1) is 17.0 Å². The van der Waals surface area contributed by atoms with Gasteiger partial charge in [0.15, 0.2) is 0 Å². The molecule has 0 bridgehead atoms. The van der Waals surface area contributed by atoms with Gasteiger partial charge in [-0.3, -0.25) is 10.1 Å². The highest BCUT2D eigenvalue weighted by atomic mass is 16.6. The van der Waals surface area contributed by atoms with Crippen LogP contribution in [0.15, 0.2) is 30.4 Å². The Hall–Kier alpha value is -1.84. The smallest absolute Gasteiger partial charge is 0.295 e. The van der Waals surface area contributed by atoms with Gasteiger partial charge in [0.25, 0.3) is 5.69 Å². The summed E-state index contributed by atoms with van der Waals surface area (Å²) in [5.41, 5.74) is 1.44. The zero-order chi connectivity index (χ0) is 12.0. The number of nitro benzene ring substituents is 1. The molecule has 1 N–H and O–H groups in total. The molecule has 4 heteroatoms. The molecule has 0 aliphatic carbocycles. The number of nitrogens with one attached hydrogen (secondary N) is 1. The third-order valence-electron chi connectivity index (χ3n) is 2.28. The molecule has 0 aromatic heterocycles. The third kappa shape index (κ3) is 3.08. The fourth-order valence-corrected chi connectivity index (χ4v) is 1.50. The van der Waals surface area contributed by atoms with Gasteiger partial charge in [-0.2, -0.15) is 0 Å². The number of nitro groups is 1. The van der Waals surface area contributed by atoms with Crippen molar-refractivity contribution >= 4 is 11.4 Å². The number of nitrogens with zero attached hydrogens (tertiary/aromatic N) is 1. The molecular weight excluding hydrogens is 204 g/mol. The average Bonchev–Trinajstić information content (AvgIpc) is 2.24. The van der Waals surface area contributed by atoms with Gasteiger partial charge in [-0.25, -0.2) is 0 Å². The van der Waals surface area contributed by atoms with E-state index in [1.165, 1.54) is 0 Å². The topological polar surface area (TPSA) is 55.2 Å². The number of rotatable bonds is 5. The molecule has 1 aromatic carbocycles. The van der Waals surface area contributed by atoms with E-state index >= 15 is 0 Å². The SMILES string of the molecule is C/C=C/CCNc1cccc(C)c1[N+](=O)[O-]. The van der Waals surface area contributed by atoms with Crippen molar-refractivity contribution < 1.29 is 4.92 Å². The molecule has 0 heterocycles. The summed E-state index contributed by atoms with van der Waals surface area (Å²) >= 11 is 0. The van der Waals surface area contributed by atoms with Crippen LogP contribution in [0.25, 0.3) is 0 Å². The number of aryl methyl sites for hydroxylation is 1. The Morgan fingerprint density at radius 1 is 1.50 bits per heavy atom. The first-order valence-electron chi connectivity index (χ1n) is 5.26. The Labute approximate surface area is 95.1 Å². The predicted octanol–water partition coefficient (Wildman–Crippen LogP) is 3.28. The highest BCUT2D eigenvalue weighted by Crippen LogP contribution is 2.27. The molecule has 16 heavy (non-hydrogen) atoms. The van der Waals surface area contributed by atoms with Crippen molar-refractivity contribution in [3.63, 3.8) is 0 Å². The molecule has 0 radical (unpaired) electrons. The summed E-state index contributed by atoms with van der Waals surface area (Å²) < 4.78 is 0. The Kier molecular flexibility index (Phi) is 4.51. The second-order valence-electron chi connectivity index (χ2n) is 3.51. The van der Waals surface area contributed by atoms with Crippen LogP contribution in [0.2, 0.25) is 0 Å². The van der Waals surface area contributed by atoms with Crippen LogP contribution in [0.1, 0.15) is 18.9 Å². The van der Waals surface area contributed by atoms with E-state index in [0.717, 1.165) is 6.42 Å². The van der Waals surface area contributed by atoms with Crippen molar-refractivity contribution in [3.05, 3.63) is 46.0 Å². The van der Waals surface area contributed by atoms with E-state index in [1.54, 1.807) is 19.1 Å². The molecule has 0 aliphatic rings. The molecule has 0 amide bonds. The fourth-order valence-electron chi connectivity index (χ4n) is 1.50. The first-order valence-corrected chi connectivity index (χ1v) is 5.26. The van der Waals surface area contributed by atoms with Gasteiger partial charge in [0.05, 0.1) is 4.92 Å². The number of allylic oxidation sites excluding steroid dienone is 1. The van der Waals surface area contributed by atoms with E-state index in [-0.39, 0.29) is 10.6 Å². The zero-order valence-corrected chi connectivity index (χ0v) is 9.56. The minimum Gasteiger partial charge on any atom is -0.379 e. The van der Waals surface area contributed by atoms with Crippen LogP contribution in [-0.4, -0.2) is 11.5 Å². The van der Waals surface area contributed by atoms with E-state index in [9.17, 15) is 10.1 Å². The summed E-state index contributed by atoms with van der Waals surface area (Å²) in [6.45, 7) is 4.40. The lowest BCUT2D eigenvalue weighted by Crippen LogP contribution is -2.04. The van der Waals surface area contributed by atoms with Gasteiger partial charge in [-0.15, -0.1) is 0 Å². The molecule has 0 saturated heterocycles. The molecule has 0 aliphatic heterocycles. The first-order chi connectivity index (χ1) is 7.66. The monoisotopic (exact) mass is 220 g/mol. The maximum Gasteiger partial charge on any atom is 0.295 e. The number of hydrogen-bond donors (Lipinski definition) is 1. The van der Waals surface area contributed by atoms with Gasteiger partial charge < -0.3 is 5.32 Å². The Morgan fingerprint density at radius 2 is 2.25 bits per heavy atom. The standard InChI is InChI=1S/C12H16N2O2/c1-3-4-5-9-13-11-8-6-7-10(2)12(11)14(15)16/h3-4,6-8,13H,5,9H2,1-2H3/b4-3+. The molecule has 86 valence electrons. The van der Waals surface area contributed by atoms with Gasteiger partial charge in [-0.1, -0.05) is 24.3 Å². The van der Waals surface area contributed by atoms with Crippen LogP contribution in [0.5, 0.6) is 0 Å². The van der Waals surface area contributed by atoms with E-state index in [2.05, 4.69) is 5.32 Å². The first kappa shape index (κ1) is 12.2. The van der Waals surface area contributed by atoms with E-state index in [4.69, 9.17) is 0 Å². The maximum absolute atomic E-state index is 10.9. The zero-order valence-electron chi connectivity index (χ0n) is 9.56. The van der Waals surface area contributed by atoms with Gasteiger partial charge in [0.2, 0.25) is 0 Å². The van der Waals surface area contributed by atoms with Crippen LogP contribution >= 0.6 is 0 Å². The summed E-state index contributed by atoms with van der Waals surface area (Å²) in [4.78, 5) is 10.5. The number of hydrogen-bond acceptors (Lipinski definition) is 3. The normalized spacial score (nSPS) is 10.6. The van der Waals surface area contributed by atoms with Crippen molar-refractivity contribution in [2.24, 2.45) is 0 Å². The summed E-state index contributed by atoms with van der Waals surface area (Å²) in [6.07, 6.45) is 4.85. The summed E-state index contributed by atoms with van der Waals surface area (Å²) in [6, 6.07) is 5.30. The molecular formula is C12H16N2O2. The molecule has 0 atom stereocenters. The second-order valence-corrected chi connectivity index (χ2v) is 3.51. The van der Waals surface area contributed by atoms with Crippen LogP contribution in [0.3, 0.4) is 0 Å². The van der Waals surface area contributed by atoms with E-state index < -0.39 is 0 Å². The van der Waals surface area contributed by atoms with Gasteiger partial charge >= 0.3 is 0 Å². The highest BCUT2D eigenvalue weighted by molar-refractivity contribution is 5.64. The lowest BCUT2D eigenvalue weighted by Gasteiger charge is -2.07. The lowest BCUT2D eigenvalue weighted by atomic mass is 10.1. The Bertz CT molecular complexity index is 400. The second kappa shape index (κ2) is 5.90. The van der Waals surface area contributed by atoms with Crippen molar-refractivity contribution in [1.29, 1.82) is 0 Å².